The topological polar surface area (TPSA) is 49.8 Å². The summed E-state index contributed by atoms with van der Waals surface area (Å²) in [4.78, 5) is 15.4. The van der Waals surface area contributed by atoms with E-state index < -0.39 is 6.10 Å². The van der Waals surface area contributed by atoms with E-state index in [2.05, 4.69) is 11.9 Å². The highest BCUT2D eigenvalue weighted by Gasteiger charge is 2.20. The van der Waals surface area contributed by atoms with E-state index in [0.717, 1.165) is 11.4 Å². The number of ether oxygens (including phenoxy) is 1. The van der Waals surface area contributed by atoms with Gasteiger partial charge in [-0.2, -0.15) is 0 Å². The van der Waals surface area contributed by atoms with Gasteiger partial charge in [-0.25, -0.2) is 4.79 Å². The Morgan fingerprint density at radius 2 is 2.14 bits per heavy atom. The predicted octanol–water partition coefficient (Wildman–Crippen LogP) is 3.61. The van der Waals surface area contributed by atoms with Gasteiger partial charge in [-0.15, -0.1) is 11.3 Å². The van der Waals surface area contributed by atoms with Crippen LogP contribution < -0.4 is 0 Å². The molecule has 1 atom stereocenters. The van der Waals surface area contributed by atoms with E-state index in [9.17, 15) is 9.90 Å². The molecule has 1 fully saturated rings. The van der Waals surface area contributed by atoms with Crippen LogP contribution in [0.15, 0.2) is 12.1 Å². The lowest BCUT2D eigenvalue weighted by molar-refractivity contribution is 0.0532. The molecule has 1 aliphatic rings. The zero-order chi connectivity index (χ0) is 15.9. The molecule has 0 aromatic carbocycles. The second-order valence-electron chi connectivity index (χ2n) is 6.00. The number of carbonyl (C=O) groups is 1. The normalized spacial score (nSPS) is 17.6. The van der Waals surface area contributed by atoms with Crippen LogP contribution in [0.25, 0.3) is 0 Å². The highest BCUT2D eigenvalue weighted by molar-refractivity contribution is 7.14. The average Bonchev–Trinajstić information content (AvgIpc) is 3.03. The van der Waals surface area contributed by atoms with Gasteiger partial charge in [-0.3, -0.25) is 0 Å². The van der Waals surface area contributed by atoms with Crippen molar-refractivity contribution in [3.8, 4) is 0 Å². The summed E-state index contributed by atoms with van der Waals surface area (Å²) in [5.41, 5.74) is 0. The lowest BCUT2D eigenvalue weighted by Crippen LogP contribution is -2.34. The van der Waals surface area contributed by atoms with Crippen LogP contribution in [0, 0.1) is 0 Å². The summed E-state index contributed by atoms with van der Waals surface area (Å²) in [6.07, 6.45) is 6.77. The van der Waals surface area contributed by atoms with Crippen LogP contribution in [0.3, 0.4) is 0 Å². The maximum absolute atomic E-state index is 11.7. The number of esters is 1. The number of aliphatic hydroxyl groups excluding tert-OH is 1. The highest BCUT2D eigenvalue weighted by Crippen LogP contribution is 2.27. The Balaban J connectivity index is 1.81. The second-order valence-corrected chi connectivity index (χ2v) is 7.11. The molecule has 1 unspecified atom stereocenters. The van der Waals surface area contributed by atoms with Gasteiger partial charge in [0.25, 0.3) is 0 Å². The van der Waals surface area contributed by atoms with Gasteiger partial charge in [0.2, 0.25) is 0 Å². The van der Waals surface area contributed by atoms with Crippen molar-refractivity contribution in [3.63, 3.8) is 0 Å². The summed E-state index contributed by atoms with van der Waals surface area (Å²) in [6.45, 7) is 3.06. The lowest BCUT2D eigenvalue weighted by atomic mass is 9.94. The van der Waals surface area contributed by atoms with Gasteiger partial charge in [0, 0.05) is 17.5 Å². The number of hydrogen-bond acceptors (Lipinski definition) is 5. The maximum Gasteiger partial charge on any atom is 0.348 e. The van der Waals surface area contributed by atoms with Crippen LogP contribution in [-0.4, -0.2) is 42.2 Å². The maximum atomic E-state index is 11.7. The fourth-order valence-electron chi connectivity index (χ4n) is 3.02. The molecule has 22 heavy (non-hydrogen) atoms. The van der Waals surface area contributed by atoms with Gasteiger partial charge in [0.1, 0.15) is 4.88 Å². The van der Waals surface area contributed by atoms with Crippen LogP contribution in [0.4, 0.5) is 0 Å². The molecule has 0 radical (unpaired) electrons. The van der Waals surface area contributed by atoms with E-state index in [1.165, 1.54) is 43.4 Å². The van der Waals surface area contributed by atoms with Crippen molar-refractivity contribution < 1.29 is 14.6 Å². The zero-order valence-corrected chi connectivity index (χ0v) is 14.4. The molecule has 0 aliphatic heterocycles. The molecule has 0 amide bonds. The van der Waals surface area contributed by atoms with Gasteiger partial charge >= 0.3 is 5.97 Å². The first-order valence-electron chi connectivity index (χ1n) is 8.27. The average molecular weight is 325 g/mol. The van der Waals surface area contributed by atoms with E-state index in [4.69, 9.17) is 4.74 Å². The zero-order valence-electron chi connectivity index (χ0n) is 13.6. The molecule has 1 N–H and O–H groups in total. The summed E-state index contributed by atoms with van der Waals surface area (Å²) in [6, 6.07) is 4.24. The van der Waals surface area contributed by atoms with Crippen LogP contribution in [0.1, 0.15) is 66.1 Å². The largest absolute Gasteiger partial charge is 0.462 e. The first-order chi connectivity index (χ1) is 10.6. The SMILES string of the molecule is CCOC(=O)c1ccc(C(O)CCN(C)C2CCCCC2)s1. The van der Waals surface area contributed by atoms with Crippen molar-refractivity contribution in [1.29, 1.82) is 0 Å². The van der Waals surface area contributed by atoms with Gasteiger partial charge in [0.05, 0.1) is 12.7 Å². The number of hydrogen-bond donors (Lipinski definition) is 1. The number of rotatable bonds is 7. The van der Waals surface area contributed by atoms with Gasteiger partial charge in [0.15, 0.2) is 0 Å². The molecule has 1 aromatic heterocycles. The minimum Gasteiger partial charge on any atom is -0.462 e. The first kappa shape index (κ1) is 17.4. The Morgan fingerprint density at radius 1 is 1.41 bits per heavy atom. The quantitative estimate of drug-likeness (QED) is 0.778. The van der Waals surface area contributed by atoms with Crippen molar-refractivity contribution in [3.05, 3.63) is 21.9 Å². The Morgan fingerprint density at radius 3 is 2.82 bits per heavy atom. The number of nitrogens with zero attached hydrogens (tertiary/aromatic N) is 1. The summed E-state index contributed by atoms with van der Waals surface area (Å²) in [5.74, 6) is -0.301. The Kier molecular flexibility index (Phi) is 6.86. The van der Waals surface area contributed by atoms with Gasteiger partial charge in [-0.1, -0.05) is 19.3 Å². The number of aliphatic hydroxyl groups is 1. The summed E-state index contributed by atoms with van der Waals surface area (Å²) >= 11 is 1.33. The molecule has 0 spiro atoms. The van der Waals surface area contributed by atoms with Crippen molar-refractivity contribution in [2.24, 2.45) is 0 Å². The van der Waals surface area contributed by atoms with Crippen molar-refractivity contribution >= 4 is 17.3 Å². The van der Waals surface area contributed by atoms with E-state index >= 15 is 0 Å². The molecule has 4 nitrogen and oxygen atoms in total. The molecule has 0 bridgehead atoms. The molecular weight excluding hydrogens is 298 g/mol. The Hall–Kier alpha value is -0.910. The van der Waals surface area contributed by atoms with Crippen molar-refractivity contribution in [1.82, 2.24) is 4.90 Å². The fourth-order valence-corrected chi connectivity index (χ4v) is 3.94. The summed E-state index contributed by atoms with van der Waals surface area (Å²) in [5, 5.41) is 10.3. The van der Waals surface area contributed by atoms with E-state index in [0.29, 0.717) is 23.9 Å². The van der Waals surface area contributed by atoms with Gasteiger partial charge < -0.3 is 14.7 Å². The molecule has 1 aromatic rings. The minimum absolute atomic E-state index is 0.301. The molecule has 1 saturated carbocycles. The molecule has 5 heteroatoms. The summed E-state index contributed by atoms with van der Waals surface area (Å²) in [7, 11) is 2.15. The molecule has 1 aliphatic carbocycles. The first-order valence-corrected chi connectivity index (χ1v) is 9.08. The molecule has 2 rings (SSSR count). The second kappa shape index (κ2) is 8.65. The minimum atomic E-state index is -0.501. The Labute approximate surface area is 137 Å². The third kappa shape index (κ3) is 4.80. The molecule has 1 heterocycles. The third-order valence-electron chi connectivity index (χ3n) is 4.39. The van der Waals surface area contributed by atoms with Crippen LogP contribution >= 0.6 is 11.3 Å². The predicted molar refractivity (Wildman–Crippen MR) is 89.4 cm³/mol. The van der Waals surface area contributed by atoms with E-state index in [-0.39, 0.29) is 5.97 Å². The van der Waals surface area contributed by atoms with E-state index in [1.54, 1.807) is 13.0 Å². The summed E-state index contributed by atoms with van der Waals surface area (Å²) < 4.78 is 4.98. The highest BCUT2D eigenvalue weighted by atomic mass is 32.1. The standard InChI is InChI=1S/C17H27NO3S/c1-3-21-17(20)16-10-9-15(22-16)14(19)11-12-18(2)13-7-5-4-6-8-13/h9-10,13-14,19H,3-8,11-12H2,1-2H3. The van der Waals surface area contributed by atoms with Crippen molar-refractivity contribution in [2.75, 3.05) is 20.2 Å². The molecular formula is C17H27NO3S. The van der Waals surface area contributed by atoms with Crippen LogP contribution in [0.2, 0.25) is 0 Å². The fraction of sp³-hybridized carbons (Fsp3) is 0.706. The molecule has 0 saturated heterocycles. The number of carbonyl (C=O) groups excluding carboxylic acids is 1. The Bertz CT molecular complexity index is 468. The lowest BCUT2D eigenvalue weighted by Gasteiger charge is -2.31. The van der Waals surface area contributed by atoms with E-state index in [1.807, 2.05) is 6.07 Å². The third-order valence-corrected chi connectivity index (χ3v) is 5.55. The number of thiophene rings is 1. The molecule has 124 valence electrons. The smallest absolute Gasteiger partial charge is 0.348 e. The van der Waals surface area contributed by atoms with Gasteiger partial charge in [-0.05, 0) is 45.4 Å². The van der Waals surface area contributed by atoms with Crippen molar-refractivity contribution in [2.45, 2.75) is 57.6 Å². The monoisotopic (exact) mass is 325 g/mol. The van der Waals surface area contributed by atoms with Crippen LogP contribution in [0.5, 0.6) is 0 Å². The van der Waals surface area contributed by atoms with Crippen LogP contribution in [-0.2, 0) is 4.74 Å².